The van der Waals surface area contributed by atoms with Crippen LogP contribution >= 0.6 is 0 Å². The van der Waals surface area contributed by atoms with E-state index in [4.69, 9.17) is 0 Å². The molecule has 1 heterocycles. The van der Waals surface area contributed by atoms with E-state index in [0.717, 1.165) is 30.4 Å². The van der Waals surface area contributed by atoms with Crippen LogP contribution in [0.5, 0.6) is 0 Å². The van der Waals surface area contributed by atoms with Crippen molar-refractivity contribution in [2.75, 3.05) is 6.54 Å². The van der Waals surface area contributed by atoms with E-state index in [0.29, 0.717) is 6.04 Å². The van der Waals surface area contributed by atoms with Crippen LogP contribution in [0.25, 0.3) is 0 Å². The number of aromatic nitrogens is 2. The molecule has 0 radical (unpaired) electrons. The number of nitrogens with one attached hydrogen (secondary N) is 1. The van der Waals surface area contributed by atoms with Crippen LogP contribution < -0.4 is 5.32 Å². The van der Waals surface area contributed by atoms with Gasteiger partial charge in [-0.1, -0.05) is 6.92 Å². The lowest BCUT2D eigenvalue weighted by molar-refractivity contribution is 0.455. The number of hydrogen-bond donors (Lipinski definition) is 1. The normalized spacial score (nSPS) is 17.1. The third-order valence-corrected chi connectivity index (χ3v) is 3.30. The maximum atomic E-state index is 4.54. The van der Waals surface area contributed by atoms with Gasteiger partial charge in [0.1, 0.15) is 5.82 Å². The summed E-state index contributed by atoms with van der Waals surface area (Å²) >= 11 is 0. The fraction of sp³-hybridized carbons (Fsp3) is 0.714. The number of nitrogens with zero attached hydrogens (tertiary/aromatic N) is 2. The third-order valence-electron chi connectivity index (χ3n) is 3.30. The van der Waals surface area contributed by atoms with Crippen molar-refractivity contribution in [3.8, 4) is 0 Å². The first-order valence-electron chi connectivity index (χ1n) is 6.73. The van der Waals surface area contributed by atoms with E-state index in [1.165, 1.54) is 25.0 Å². The van der Waals surface area contributed by atoms with Crippen molar-refractivity contribution in [1.29, 1.82) is 0 Å². The maximum Gasteiger partial charge on any atom is 0.125 e. The Labute approximate surface area is 104 Å². The van der Waals surface area contributed by atoms with Crippen molar-refractivity contribution in [2.24, 2.45) is 5.92 Å². The van der Waals surface area contributed by atoms with E-state index in [9.17, 15) is 0 Å². The average molecular weight is 233 g/mol. The highest BCUT2D eigenvalue weighted by atomic mass is 14.9. The standard InChI is InChI=1S/C14H23N3/c1-4-7-15-14(12-5-6-12)9-13-8-10(2)16-11(3)17-13/h8,12,14-15H,4-7,9H2,1-3H3. The second-order valence-corrected chi connectivity index (χ2v) is 5.15. The van der Waals surface area contributed by atoms with Gasteiger partial charge in [0.05, 0.1) is 0 Å². The van der Waals surface area contributed by atoms with Gasteiger partial charge in [-0.05, 0) is 51.6 Å². The summed E-state index contributed by atoms with van der Waals surface area (Å²) in [7, 11) is 0. The molecule has 1 atom stereocenters. The molecular weight excluding hydrogens is 210 g/mol. The minimum absolute atomic E-state index is 0.614. The molecular formula is C14H23N3. The van der Waals surface area contributed by atoms with Gasteiger partial charge in [0.2, 0.25) is 0 Å². The quantitative estimate of drug-likeness (QED) is 0.820. The summed E-state index contributed by atoms with van der Waals surface area (Å²) in [6.45, 7) is 7.35. The van der Waals surface area contributed by atoms with E-state index in [-0.39, 0.29) is 0 Å². The Morgan fingerprint density at radius 1 is 1.35 bits per heavy atom. The van der Waals surface area contributed by atoms with Gasteiger partial charge >= 0.3 is 0 Å². The molecule has 94 valence electrons. The second-order valence-electron chi connectivity index (χ2n) is 5.15. The van der Waals surface area contributed by atoms with Crippen LogP contribution in [-0.2, 0) is 6.42 Å². The second kappa shape index (κ2) is 5.58. The van der Waals surface area contributed by atoms with Crippen LogP contribution in [0.4, 0.5) is 0 Å². The molecule has 1 aromatic rings. The number of hydrogen-bond acceptors (Lipinski definition) is 3. The Balaban J connectivity index is 2.00. The monoisotopic (exact) mass is 233 g/mol. The molecule has 1 aromatic heterocycles. The van der Waals surface area contributed by atoms with Gasteiger partial charge in [-0.25, -0.2) is 9.97 Å². The molecule has 1 aliphatic rings. The summed E-state index contributed by atoms with van der Waals surface area (Å²) in [5.74, 6) is 1.77. The molecule has 1 N–H and O–H groups in total. The molecule has 17 heavy (non-hydrogen) atoms. The van der Waals surface area contributed by atoms with E-state index >= 15 is 0 Å². The van der Waals surface area contributed by atoms with E-state index in [1.807, 2.05) is 13.8 Å². The highest BCUT2D eigenvalue weighted by Crippen LogP contribution is 2.33. The zero-order chi connectivity index (χ0) is 12.3. The highest BCUT2D eigenvalue weighted by molar-refractivity contribution is 5.11. The summed E-state index contributed by atoms with van der Waals surface area (Å²) in [5, 5.41) is 3.66. The van der Waals surface area contributed by atoms with Gasteiger partial charge in [-0.2, -0.15) is 0 Å². The van der Waals surface area contributed by atoms with E-state index in [1.54, 1.807) is 0 Å². The van der Waals surface area contributed by atoms with Crippen LogP contribution in [0.15, 0.2) is 6.07 Å². The largest absolute Gasteiger partial charge is 0.313 e. The van der Waals surface area contributed by atoms with Crippen molar-refractivity contribution in [1.82, 2.24) is 15.3 Å². The zero-order valence-corrected chi connectivity index (χ0v) is 11.2. The van der Waals surface area contributed by atoms with Gasteiger partial charge in [-0.3, -0.25) is 0 Å². The summed E-state index contributed by atoms with van der Waals surface area (Å²) in [6.07, 6.45) is 5.01. The first kappa shape index (κ1) is 12.5. The Hall–Kier alpha value is -0.960. The number of aryl methyl sites for hydroxylation is 2. The summed E-state index contributed by atoms with van der Waals surface area (Å²) < 4.78 is 0. The minimum atomic E-state index is 0.614. The molecule has 0 bridgehead atoms. The Bertz CT molecular complexity index is 351. The van der Waals surface area contributed by atoms with Crippen LogP contribution in [0.2, 0.25) is 0 Å². The van der Waals surface area contributed by atoms with E-state index in [2.05, 4.69) is 28.3 Å². The lowest BCUT2D eigenvalue weighted by Gasteiger charge is -2.17. The molecule has 3 nitrogen and oxygen atoms in total. The fourth-order valence-electron chi connectivity index (χ4n) is 2.36. The van der Waals surface area contributed by atoms with Gasteiger partial charge in [0, 0.05) is 23.9 Å². The molecule has 0 aromatic carbocycles. The van der Waals surface area contributed by atoms with Gasteiger partial charge in [-0.15, -0.1) is 0 Å². The first-order chi connectivity index (χ1) is 8.19. The molecule has 3 heteroatoms. The lowest BCUT2D eigenvalue weighted by atomic mass is 10.1. The van der Waals surface area contributed by atoms with Crippen molar-refractivity contribution < 1.29 is 0 Å². The third kappa shape index (κ3) is 3.77. The summed E-state index contributed by atoms with van der Waals surface area (Å²) in [6, 6.07) is 2.74. The van der Waals surface area contributed by atoms with Gasteiger partial charge < -0.3 is 5.32 Å². The van der Waals surface area contributed by atoms with Crippen LogP contribution in [0.1, 0.15) is 43.4 Å². The van der Waals surface area contributed by atoms with Crippen molar-refractivity contribution in [3.63, 3.8) is 0 Å². The smallest absolute Gasteiger partial charge is 0.125 e. The lowest BCUT2D eigenvalue weighted by Crippen LogP contribution is -2.34. The Morgan fingerprint density at radius 2 is 2.12 bits per heavy atom. The Morgan fingerprint density at radius 3 is 2.71 bits per heavy atom. The molecule has 1 unspecified atom stereocenters. The molecule has 1 aliphatic carbocycles. The molecule has 0 spiro atoms. The van der Waals surface area contributed by atoms with Crippen molar-refractivity contribution in [2.45, 2.75) is 52.5 Å². The molecule has 2 rings (SSSR count). The van der Waals surface area contributed by atoms with Crippen molar-refractivity contribution in [3.05, 3.63) is 23.3 Å². The van der Waals surface area contributed by atoms with Crippen LogP contribution in [0, 0.1) is 19.8 Å². The Kier molecular flexibility index (Phi) is 4.11. The van der Waals surface area contributed by atoms with Crippen LogP contribution in [-0.4, -0.2) is 22.6 Å². The first-order valence-corrected chi connectivity index (χ1v) is 6.73. The fourth-order valence-corrected chi connectivity index (χ4v) is 2.36. The predicted molar refractivity (Wildman–Crippen MR) is 70.0 cm³/mol. The van der Waals surface area contributed by atoms with Crippen LogP contribution in [0.3, 0.4) is 0 Å². The molecule has 1 fully saturated rings. The minimum Gasteiger partial charge on any atom is -0.313 e. The molecule has 1 saturated carbocycles. The SMILES string of the molecule is CCCNC(Cc1cc(C)nc(C)n1)C1CC1. The van der Waals surface area contributed by atoms with E-state index < -0.39 is 0 Å². The maximum absolute atomic E-state index is 4.54. The average Bonchev–Trinajstić information content (AvgIpc) is 3.06. The molecule has 0 saturated heterocycles. The summed E-state index contributed by atoms with van der Waals surface area (Å²) in [5.41, 5.74) is 2.27. The summed E-state index contributed by atoms with van der Waals surface area (Å²) in [4.78, 5) is 8.87. The highest BCUT2D eigenvalue weighted by Gasteiger charge is 2.30. The molecule has 0 amide bonds. The van der Waals surface area contributed by atoms with Gasteiger partial charge in [0.15, 0.2) is 0 Å². The predicted octanol–water partition coefficient (Wildman–Crippen LogP) is 2.41. The zero-order valence-electron chi connectivity index (χ0n) is 11.2. The van der Waals surface area contributed by atoms with Gasteiger partial charge in [0.25, 0.3) is 0 Å². The number of rotatable bonds is 6. The topological polar surface area (TPSA) is 37.8 Å². The van der Waals surface area contributed by atoms with Crippen molar-refractivity contribution >= 4 is 0 Å². The molecule has 0 aliphatic heterocycles.